The number of aliphatic hydroxyl groups excluding tert-OH is 1. The standard InChI is InChI=1S/C19H17N3O3/c1-12-19(25)16(14(11-23)8-20-12)9-21-22-10-17-15-5-3-2-4-13(15)6-7-18(17)24/h2-10,23-25H,11H2,1H3. The molecule has 0 fully saturated rings. The number of phenolic OH excluding ortho intramolecular Hbond substituents is 1. The van der Waals surface area contributed by atoms with Crippen molar-refractivity contribution in [3.63, 3.8) is 0 Å². The Labute approximate surface area is 144 Å². The average molecular weight is 335 g/mol. The van der Waals surface area contributed by atoms with Crippen LogP contribution < -0.4 is 0 Å². The van der Waals surface area contributed by atoms with Crippen LogP contribution in [0.1, 0.15) is 22.4 Å². The van der Waals surface area contributed by atoms with Gasteiger partial charge in [0, 0.05) is 22.9 Å². The second-order valence-electron chi connectivity index (χ2n) is 5.50. The third kappa shape index (κ3) is 3.34. The van der Waals surface area contributed by atoms with Crippen LogP contribution in [-0.2, 0) is 6.61 Å². The summed E-state index contributed by atoms with van der Waals surface area (Å²) in [5.74, 6) is 0.0646. The molecule has 0 aliphatic rings. The van der Waals surface area contributed by atoms with Gasteiger partial charge in [-0.15, -0.1) is 0 Å². The molecular weight excluding hydrogens is 318 g/mol. The second kappa shape index (κ2) is 7.11. The number of aromatic hydroxyl groups is 2. The van der Waals surface area contributed by atoms with Gasteiger partial charge in [0.1, 0.15) is 11.5 Å². The maximum Gasteiger partial charge on any atom is 0.145 e. The van der Waals surface area contributed by atoms with E-state index in [-0.39, 0.29) is 18.1 Å². The highest BCUT2D eigenvalue weighted by Gasteiger charge is 2.09. The van der Waals surface area contributed by atoms with Crippen molar-refractivity contribution in [2.75, 3.05) is 0 Å². The molecule has 0 bridgehead atoms. The molecule has 1 heterocycles. The van der Waals surface area contributed by atoms with E-state index in [4.69, 9.17) is 0 Å². The van der Waals surface area contributed by atoms with Gasteiger partial charge in [-0.3, -0.25) is 4.98 Å². The maximum absolute atomic E-state index is 10.1. The number of benzene rings is 2. The maximum atomic E-state index is 10.1. The minimum absolute atomic E-state index is 0.0430. The Morgan fingerprint density at radius 3 is 2.48 bits per heavy atom. The van der Waals surface area contributed by atoms with E-state index in [1.807, 2.05) is 30.3 Å². The quantitative estimate of drug-likeness (QED) is 0.504. The van der Waals surface area contributed by atoms with E-state index in [9.17, 15) is 15.3 Å². The molecule has 3 N–H and O–H groups in total. The van der Waals surface area contributed by atoms with Crippen molar-refractivity contribution in [2.24, 2.45) is 10.2 Å². The Balaban J connectivity index is 1.94. The number of rotatable bonds is 4. The third-order valence-corrected chi connectivity index (χ3v) is 3.92. The van der Waals surface area contributed by atoms with E-state index in [0.29, 0.717) is 22.4 Å². The summed E-state index contributed by atoms with van der Waals surface area (Å²) < 4.78 is 0. The van der Waals surface area contributed by atoms with Crippen molar-refractivity contribution in [1.29, 1.82) is 0 Å². The zero-order valence-corrected chi connectivity index (χ0v) is 13.6. The number of nitrogens with zero attached hydrogens (tertiary/aromatic N) is 3. The van der Waals surface area contributed by atoms with Crippen LogP contribution in [0.5, 0.6) is 11.5 Å². The van der Waals surface area contributed by atoms with E-state index in [0.717, 1.165) is 10.8 Å². The average Bonchev–Trinajstić information content (AvgIpc) is 2.63. The molecule has 0 aliphatic heterocycles. The van der Waals surface area contributed by atoms with Crippen LogP contribution in [0.4, 0.5) is 0 Å². The Kier molecular flexibility index (Phi) is 4.72. The van der Waals surface area contributed by atoms with Crippen LogP contribution in [-0.4, -0.2) is 32.7 Å². The zero-order valence-electron chi connectivity index (χ0n) is 13.6. The number of aliphatic hydroxyl groups is 1. The molecule has 0 spiro atoms. The number of fused-ring (bicyclic) bond motifs is 1. The lowest BCUT2D eigenvalue weighted by Crippen LogP contribution is -1.97. The van der Waals surface area contributed by atoms with Crippen LogP contribution >= 0.6 is 0 Å². The van der Waals surface area contributed by atoms with Crippen LogP contribution in [0, 0.1) is 6.92 Å². The zero-order chi connectivity index (χ0) is 17.8. The molecule has 25 heavy (non-hydrogen) atoms. The highest BCUT2D eigenvalue weighted by Crippen LogP contribution is 2.25. The minimum Gasteiger partial charge on any atom is -0.507 e. The van der Waals surface area contributed by atoms with Crippen molar-refractivity contribution in [2.45, 2.75) is 13.5 Å². The van der Waals surface area contributed by atoms with Gasteiger partial charge in [0.15, 0.2) is 0 Å². The summed E-state index contributed by atoms with van der Waals surface area (Å²) in [6, 6.07) is 11.1. The molecule has 126 valence electrons. The van der Waals surface area contributed by atoms with Crippen LogP contribution in [0.15, 0.2) is 52.8 Å². The van der Waals surface area contributed by atoms with Crippen molar-refractivity contribution in [3.8, 4) is 11.5 Å². The highest BCUT2D eigenvalue weighted by atomic mass is 16.3. The van der Waals surface area contributed by atoms with Gasteiger partial charge in [0.05, 0.1) is 24.7 Å². The molecule has 0 saturated heterocycles. The number of pyridine rings is 1. The topological polar surface area (TPSA) is 98.3 Å². The molecule has 2 aromatic carbocycles. The summed E-state index contributed by atoms with van der Waals surface area (Å²) >= 11 is 0. The van der Waals surface area contributed by atoms with Gasteiger partial charge in [-0.1, -0.05) is 30.3 Å². The molecular formula is C19H17N3O3. The first-order valence-corrected chi connectivity index (χ1v) is 7.67. The molecule has 0 amide bonds. The first kappa shape index (κ1) is 16.6. The van der Waals surface area contributed by atoms with Gasteiger partial charge in [-0.2, -0.15) is 10.2 Å². The first-order valence-electron chi connectivity index (χ1n) is 7.67. The molecule has 0 radical (unpaired) electrons. The monoisotopic (exact) mass is 335 g/mol. The number of hydrogen-bond acceptors (Lipinski definition) is 6. The van der Waals surface area contributed by atoms with Crippen molar-refractivity contribution in [1.82, 2.24) is 4.98 Å². The predicted octanol–water partition coefficient (Wildman–Crippen LogP) is 2.90. The number of aryl methyl sites for hydroxylation is 1. The third-order valence-electron chi connectivity index (χ3n) is 3.92. The van der Waals surface area contributed by atoms with Gasteiger partial charge in [-0.25, -0.2) is 0 Å². The van der Waals surface area contributed by atoms with Crippen molar-refractivity contribution < 1.29 is 15.3 Å². The van der Waals surface area contributed by atoms with Gasteiger partial charge in [-0.05, 0) is 23.8 Å². The van der Waals surface area contributed by atoms with E-state index in [1.54, 1.807) is 13.0 Å². The lowest BCUT2D eigenvalue weighted by molar-refractivity contribution is 0.280. The molecule has 0 aliphatic carbocycles. The molecule has 3 aromatic rings. The molecule has 0 atom stereocenters. The van der Waals surface area contributed by atoms with Crippen LogP contribution in [0.2, 0.25) is 0 Å². The molecule has 0 unspecified atom stereocenters. The van der Waals surface area contributed by atoms with E-state index >= 15 is 0 Å². The lowest BCUT2D eigenvalue weighted by atomic mass is 10.0. The first-order chi connectivity index (χ1) is 12.1. The summed E-state index contributed by atoms with van der Waals surface area (Å²) in [6.45, 7) is 1.39. The summed E-state index contributed by atoms with van der Waals surface area (Å²) in [5.41, 5.74) is 1.83. The summed E-state index contributed by atoms with van der Waals surface area (Å²) in [5, 5.41) is 39.2. The van der Waals surface area contributed by atoms with Crippen molar-refractivity contribution >= 4 is 23.2 Å². The summed E-state index contributed by atoms with van der Waals surface area (Å²) in [6.07, 6.45) is 4.29. The lowest BCUT2D eigenvalue weighted by Gasteiger charge is -2.06. The van der Waals surface area contributed by atoms with Gasteiger partial charge < -0.3 is 15.3 Å². The van der Waals surface area contributed by atoms with Gasteiger partial charge in [0.2, 0.25) is 0 Å². The Morgan fingerprint density at radius 2 is 1.72 bits per heavy atom. The predicted molar refractivity (Wildman–Crippen MR) is 97.4 cm³/mol. The van der Waals surface area contributed by atoms with Crippen LogP contribution in [0.25, 0.3) is 10.8 Å². The minimum atomic E-state index is -0.268. The normalized spacial score (nSPS) is 11.8. The number of hydrogen-bond donors (Lipinski definition) is 3. The largest absolute Gasteiger partial charge is 0.507 e. The Morgan fingerprint density at radius 1 is 1.00 bits per heavy atom. The molecule has 0 saturated carbocycles. The fourth-order valence-corrected chi connectivity index (χ4v) is 2.52. The Hall–Kier alpha value is -3.25. The fraction of sp³-hybridized carbons (Fsp3) is 0.105. The molecule has 6 heteroatoms. The second-order valence-corrected chi connectivity index (χ2v) is 5.50. The Bertz CT molecular complexity index is 981. The molecule has 3 rings (SSSR count). The fourth-order valence-electron chi connectivity index (χ4n) is 2.52. The van der Waals surface area contributed by atoms with Crippen molar-refractivity contribution in [3.05, 3.63) is 65.0 Å². The van der Waals surface area contributed by atoms with E-state index < -0.39 is 0 Å². The SMILES string of the molecule is Cc1ncc(CO)c(C=NN=Cc2c(O)ccc3ccccc23)c1O. The summed E-state index contributed by atoms with van der Waals surface area (Å²) in [7, 11) is 0. The van der Waals surface area contributed by atoms with Crippen LogP contribution in [0.3, 0.4) is 0 Å². The number of aromatic nitrogens is 1. The highest BCUT2D eigenvalue weighted by molar-refractivity contribution is 6.02. The number of phenols is 1. The van der Waals surface area contributed by atoms with E-state index in [1.165, 1.54) is 18.6 Å². The smallest absolute Gasteiger partial charge is 0.145 e. The molecule has 1 aromatic heterocycles. The summed E-state index contributed by atoms with van der Waals surface area (Å²) in [4.78, 5) is 3.99. The van der Waals surface area contributed by atoms with Gasteiger partial charge >= 0.3 is 0 Å². The molecule has 6 nitrogen and oxygen atoms in total. The van der Waals surface area contributed by atoms with E-state index in [2.05, 4.69) is 15.2 Å². The van der Waals surface area contributed by atoms with Gasteiger partial charge in [0.25, 0.3) is 0 Å².